The van der Waals surface area contributed by atoms with Crippen molar-refractivity contribution in [3.05, 3.63) is 59.7 Å². The van der Waals surface area contributed by atoms with Crippen LogP contribution in [0.4, 0.5) is 15.2 Å². The molecule has 1 aromatic heterocycles. The number of carbonyl (C=O) groups is 2. The lowest BCUT2D eigenvalue weighted by Crippen LogP contribution is -2.22. The van der Waals surface area contributed by atoms with E-state index in [1.165, 1.54) is 35.2 Å². The van der Waals surface area contributed by atoms with E-state index >= 15 is 0 Å². The van der Waals surface area contributed by atoms with Gasteiger partial charge < -0.3 is 10.6 Å². The number of benzene rings is 2. The van der Waals surface area contributed by atoms with E-state index in [1.807, 2.05) is 43.5 Å². The molecule has 8 heteroatoms. The Morgan fingerprint density at radius 2 is 1.94 bits per heavy atom. The van der Waals surface area contributed by atoms with Crippen molar-refractivity contribution in [3.8, 4) is 11.3 Å². The van der Waals surface area contributed by atoms with Crippen LogP contribution in [0.15, 0.2) is 58.8 Å². The molecule has 5 nitrogen and oxygen atoms in total. The van der Waals surface area contributed by atoms with Crippen LogP contribution in [-0.2, 0) is 9.59 Å². The second kappa shape index (κ2) is 11.1. The van der Waals surface area contributed by atoms with E-state index in [0.717, 1.165) is 29.0 Å². The fourth-order valence-electron chi connectivity index (χ4n) is 2.76. The maximum Gasteiger partial charge on any atom is 0.239 e. The number of unbranched alkanes of at least 4 members (excludes halogenated alkanes) is 1. The molecule has 0 fully saturated rings. The van der Waals surface area contributed by atoms with E-state index in [9.17, 15) is 14.0 Å². The van der Waals surface area contributed by atoms with Gasteiger partial charge >= 0.3 is 0 Å². The Kier molecular flexibility index (Phi) is 8.20. The van der Waals surface area contributed by atoms with Crippen molar-refractivity contribution >= 4 is 45.7 Å². The first-order chi connectivity index (χ1) is 14.9. The number of halogens is 1. The van der Waals surface area contributed by atoms with Crippen LogP contribution in [0.2, 0.25) is 0 Å². The fourth-order valence-corrected chi connectivity index (χ4v) is 4.41. The SMILES string of the molecule is CCCCC(=O)Nc1cccc(SC(C)C(=O)Nc2nc(-c3ccc(F)cc3)cs2)c1. The highest BCUT2D eigenvalue weighted by atomic mass is 32.2. The van der Waals surface area contributed by atoms with E-state index in [-0.39, 0.29) is 22.9 Å². The van der Waals surface area contributed by atoms with Crippen LogP contribution in [0.3, 0.4) is 0 Å². The van der Waals surface area contributed by atoms with Gasteiger partial charge in [0.05, 0.1) is 10.9 Å². The summed E-state index contributed by atoms with van der Waals surface area (Å²) in [6.07, 6.45) is 2.33. The van der Waals surface area contributed by atoms with Gasteiger partial charge in [-0.25, -0.2) is 9.37 Å². The molecule has 0 aliphatic carbocycles. The molecule has 2 aromatic carbocycles. The summed E-state index contributed by atoms with van der Waals surface area (Å²) in [5.41, 5.74) is 2.20. The number of hydrogen-bond donors (Lipinski definition) is 2. The Morgan fingerprint density at radius 3 is 2.68 bits per heavy atom. The van der Waals surface area contributed by atoms with Crippen molar-refractivity contribution in [2.24, 2.45) is 0 Å². The van der Waals surface area contributed by atoms with Gasteiger partial charge in [-0.3, -0.25) is 9.59 Å². The first-order valence-corrected chi connectivity index (χ1v) is 11.8. The van der Waals surface area contributed by atoms with E-state index in [1.54, 1.807) is 12.1 Å². The summed E-state index contributed by atoms with van der Waals surface area (Å²) in [6.45, 7) is 3.87. The highest BCUT2D eigenvalue weighted by molar-refractivity contribution is 8.00. The molecule has 0 radical (unpaired) electrons. The van der Waals surface area contributed by atoms with Crippen molar-refractivity contribution in [2.75, 3.05) is 10.6 Å². The maximum absolute atomic E-state index is 13.1. The Labute approximate surface area is 189 Å². The molecule has 0 saturated carbocycles. The number of carbonyl (C=O) groups excluding carboxylic acids is 2. The number of amides is 2. The summed E-state index contributed by atoms with van der Waals surface area (Å²) < 4.78 is 13.1. The van der Waals surface area contributed by atoms with Gasteiger partial charge in [0.1, 0.15) is 5.82 Å². The normalized spacial score (nSPS) is 11.7. The summed E-state index contributed by atoms with van der Waals surface area (Å²) >= 11 is 2.73. The van der Waals surface area contributed by atoms with Crippen LogP contribution >= 0.6 is 23.1 Å². The minimum atomic E-state index is -0.357. The molecule has 1 atom stereocenters. The molecule has 2 amide bonds. The van der Waals surface area contributed by atoms with Gasteiger partial charge in [0.2, 0.25) is 11.8 Å². The molecule has 0 bridgehead atoms. The van der Waals surface area contributed by atoms with Gasteiger partial charge in [-0.05, 0) is 55.8 Å². The third kappa shape index (κ3) is 6.90. The first kappa shape index (κ1) is 23.0. The third-order valence-electron chi connectivity index (χ3n) is 4.43. The van der Waals surface area contributed by atoms with Crippen molar-refractivity contribution in [2.45, 2.75) is 43.3 Å². The minimum Gasteiger partial charge on any atom is -0.326 e. The summed E-state index contributed by atoms with van der Waals surface area (Å²) in [7, 11) is 0. The number of anilines is 2. The Balaban J connectivity index is 1.57. The van der Waals surface area contributed by atoms with Crippen LogP contribution in [-0.4, -0.2) is 22.0 Å². The summed E-state index contributed by atoms with van der Waals surface area (Å²) in [4.78, 5) is 29.8. The van der Waals surface area contributed by atoms with Crippen LogP contribution < -0.4 is 10.6 Å². The number of nitrogens with zero attached hydrogens (tertiary/aromatic N) is 1. The zero-order chi connectivity index (χ0) is 22.2. The highest BCUT2D eigenvalue weighted by Gasteiger charge is 2.17. The molecule has 0 saturated heterocycles. The molecule has 162 valence electrons. The van der Waals surface area contributed by atoms with Gasteiger partial charge in [0.25, 0.3) is 0 Å². The second-order valence-corrected chi connectivity index (χ2v) is 9.25. The number of thiazole rings is 1. The average molecular weight is 458 g/mol. The highest BCUT2D eigenvalue weighted by Crippen LogP contribution is 2.28. The topological polar surface area (TPSA) is 71.1 Å². The Hall–Kier alpha value is -2.71. The molecular weight excluding hydrogens is 433 g/mol. The standard InChI is InChI=1S/C23H24FN3O2S2/c1-3-4-8-21(28)25-18-6-5-7-19(13-18)31-15(2)22(29)27-23-26-20(14-30-23)16-9-11-17(24)12-10-16/h5-7,9-15H,3-4,8H2,1-2H3,(H,25,28)(H,26,27,29). The first-order valence-electron chi connectivity index (χ1n) is 10.0. The van der Waals surface area contributed by atoms with Crippen LogP contribution in [0, 0.1) is 5.82 Å². The number of thioether (sulfide) groups is 1. The van der Waals surface area contributed by atoms with Crippen LogP contribution in [0.25, 0.3) is 11.3 Å². The Morgan fingerprint density at radius 1 is 1.16 bits per heavy atom. The van der Waals surface area contributed by atoms with Gasteiger partial charge in [-0.2, -0.15) is 0 Å². The number of aromatic nitrogens is 1. The lowest BCUT2D eigenvalue weighted by molar-refractivity contribution is -0.116. The molecule has 3 aromatic rings. The summed E-state index contributed by atoms with van der Waals surface area (Å²) in [6, 6.07) is 13.5. The van der Waals surface area contributed by atoms with Crippen molar-refractivity contribution in [1.29, 1.82) is 0 Å². The van der Waals surface area contributed by atoms with Gasteiger partial charge in [0, 0.05) is 27.9 Å². The predicted octanol–water partition coefficient (Wildman–Crippen LogP) is 6.20. The molecule has 1 heterocycles. The monoisotopic (exact) mass is 457 g/mol. The quantitative estimate of drug-likeness (QED) is 0.376. The third-order valence-corrected chi connectivity index (χ3v) is 6.28. The summed E-state index contributed by atoms with van der Waals surface area (Å²) in [5, 5.41) is 7.70. The fraction of sp³-hybridized carbons (Fsp3) is 0.261. The lowest BCUT2D eigenvalue weighted by atomic mass is 10.2. The van der Waals surface area contributed by atoms with Gasteiger partial charge in [0.15, 0.2) is 5.13 Å². The molecule has 2 N–H and O–H groups in total. The van der Waals surface area contributed by atoms with E-state index in [4.69, 9.17) is 0 Å². The van der Waals surface area contributed by atoms with E-state index in [2.05, 4.69) is 15.6 Å². The largest absolute Gasteiger partial charge is 0.326 e. The van der Waals surface area contributed by atoms with Crippen molar-refractivity contribution < 1.29 is 14.0 Å². The zero-order valence-electron chi connectivity index (χ0n) is 17.4. The van der Waals surface area contributed by atoms with Crippen LogP contribution in [0.1, 0.15) is 33.1 Å². The smallest absolute Gasteiger partial charge is 0.239 e. The second-order valence-electron chi connectivity index (χ2n) is 6.97. The molecule has 0 aliphatic heterocycles. The number of nitrogens with one attached hydrogen (secondary N) is 2. The average Bonchev–Trinajstić information content (AvgIpc) is 3.21. The maximum atomic E-state index is 13.1. The summed E-state index contributed by atoms with van der Waals surface area (Å²) in [5.74, 6) is -0.471. The van der Waals surface area contributed by atoms with E-state index in [0.29, 0.717) is 17.2 Å². The number of hydrogen-bond acceptors (Lipinski definition) is 5. The molecule has 1 unspecified atom stereocenters. The van der Waals surface area contributed by atoms with Crippen molar-refractivity contribution in [1.82, 2.24) is 4.98 Å². The molecule has 31 heavy (non-hydrogen) atoms. The van der Waals surface area contributed by atoms with E-state index < -0.39 is 0 Å². The molecule has 3 rings (SSSR count). The molecular formula is C23H24FN3O2S2. The Bertz CT molecular complexity index is 1040. The van der Waals surface area contributed by atoms with Crippen molar-refractivity contribution in [3.63, 3.8) is 0 Å². The van der Waals surface area contributed by atoms with Crippen LogP contribution in [0.5, 0.6) is 0 Å². The molecule has 0 aliphatic rings. The number of rotatable bonds is 9. The lowest BCUT2D eigenvalue weighted by Gasteiger charge is -2.12. The van der Waals surface area contributed by atoms with Gasteiger partial charge in [-0.15, -0.1) is 23.1 Å². The zero-order valence-corrected chi connectivity index (χ0v) is 19.0. The van der Waals surface area contributed by atoms with Gasteiger partial charge in [-0.1, -0.05) is 19.4 Å². The molecule has 0 spiro atoms. The predicted molar refractivity (Wildman–Crippen MR) is 126 cm³/mol. The minimum absolute atomic E-state index is 0.00415.